The number of rotatable bonds is 6. The van der Waals surface area contributed by atoms with Crippen LogP contribution in [0.3, 0.4) is 0 Å². The lowest BCUT2D eigenvalue weighted by Crippen LogP contribution is -2.49. The monoisotopic (exact) mass is 431 g/mol. The van der Waals surface area contributed by atoms with Crippen molar-refractivity contribution in [2.45, 2.75) is 26.0 Å². The number of carbonyl (C=O) groups excluding carboxylic acids is 1. The fourth-order valence-corrected chi connectivity index (χ4v) is 3.23. The zero-order valence-electron chi connectivity index (χ0n) is 15.8. The fraction of sp³-hybridized carbons (Fsp3) is 0.182. The molecule has 0 saturated heterocycles. The third-order valence-electron chi connectivity index (χ3n) is 4.47. The minimum Gasteiger partial charge on any atom is -0.487 e. The van der Waals surface area contributed by atoms with E-state index in [1.54, 1.807) is 30.3 Å². The molecule has 1 amide bonds. The predicted octanol–water partition coefficient (Wildman–Crippen LogP) is 5.32. The first kappa shape index (κ1) is 21.0. The van der Waals surface area contributed by atoms with Gasteiger partial charge in [0.1, 0.15) is 17.9 Å². The lowest BCUT2D eigenvalue weighted by atomic mass is 10.0. The van der Waals surface area contributed by atoms with E-state index < -0.39 is 17.4 Å². The summed E-state index contributed by atoms with van der Waals surface area (Å²) in [7, 11) is 0. The number of hydrogen-bond donors (Lipinski definition) is 2. The molecule has 0 fully saturated rings. The van der Waals surface area contributed by atoms with Crippen molar-refractivity contribution in [3.8, 4) is 5.75 Å². The Morgan fingerprint density at radius 1 is 1.07 bits per heavy atom. The van der Waals surface area contributed by atoms with Crippen LogP contribution in [0.15, 0.2) is 54.6 Å². The maximum Gasteiger partial charge on any atom is 0.328 e. The molecule has 0 aliphatic carbocycles. The van der Waals surface area contributed by atoms with Crippen LogP contribution in [-0.2, 0) is 11.4 Å². The van der Waals surface area contributed by atoms with Gasteiger partial charge in [0.05, 0.1) is 5.56 Å². The summed E-state index contributed by atoms with van der Waals surface area (Å²) < 4.78 is 6.02. The zero-order valence-corrected chi connectivity index (χ0v) is 17.3. The van der Waals surface area contributed by atoms with E-state index >= 15 is 0 Å². The molecule has 29 heavy (non-hydrogen) atoms. The number of nitrogens with one attached hydrogen (secondary N) is 1. The number of carboxylic acid groups (broad SMARTS) is 1. The van der Waals surface area contributed by atoms with Crippen molar-refractivity contribution < 1.29 is 19.4 Å². The quantitative estimate of drug-likeness (QED) is 0.553. The molecule has 0 aliphatic heterocycles. The number of halogens is 2. The lowest BCUT2D eigenvalue weighted by molar-refractivity contribution is -0.143. The topological polar surface area (TPSA) is 75.6 Å². The Kier molecular flexibility index (Phi) is 6.01. The Bertz CT molecular complexity index is 1100. The number of fused-ring (bicyclic) bond motifs is 1. The highest BCUT2D eigenvalue weighted by Gasteiger charge is 2.30. The van der Waals surface area contributed by atoms with Crippen molar-refractivity contribution in [3.05, 3.63) is 75.8 Å². The van der Waals surface area contributed by atoms with E-state index in [4.69, 9.17) is 27.9 Å². The third kappa shape index (κ3) is 4.63. The summed E-state index contributed by atoms with van der Waals surface area (Å²) >= 11 is 12.2. The molecule has 0 aromatic heterocycles. The van der Waals surface area contributed by atoms with E-state index in [9.17, 15) is 14.7 Å². The minimum atomic E-state index is -1.43. The van der Waals surface area contributed by atoms with Crippen LogP contribution >= 0.6 is 23.2 Å². The van der Waals surface area contributed by atoms with Gasteiger partial charge in [-0.1, -0.05) is 59.6 Å². The smallest absolute Gasteiger partial charge is 0.328 e. The summed E-state index contributed by atoms with van der Waals surface area (Å²) in [6.07, 6.45) is 0. The SMILES string of the molecule is CC(C)(NC(=O)c1ccc2ccccc2c1OCc1ccc(Cl)cc1Cl)C(=O)O. The zero-order chi connectivity index (χ0) is 21.2. The molecule has 0 unspecified atom stereocenters. The molecule has 3 aromatic carbocycles. The summed E-state index contributed by atoms with van der Waals surface area (Å²) in [5.74, 6) is -1.32. The van der Waals surface area contributed by atoms with Gasteiger partial charge in [0.25, 0.3) is 5.91 Å². The largest absolute Gasteiger partial charge is 0.487 e. The highest BCUT2D eigenvalue weighted by atomic mass is 35.5. The van der Waals surface area contributed by atoms with Gasteiger partial charge in [-0.15, -0.1) is 0 Å². The molecule has 0 atom stereocenters. The predicted molar refractivity (Wildman–Crippen MR) is 114 cm³/mol. The highest BCUT2D eigenvalue weighted by molar-refractivity contribution is 6.35. The van der Waals surface area contributed by atoms with Crippen LogP contribution in [0.5, 0.6) is 5.75 Å². The number of benzene rings is 3. The summed E-state index contributed by atoms with van der Waals surface area (Å²) in [6, 6.07) is 16.0. The Labute approximate surface area is 178 Å². The standard InChI is InChI=1S/C22H19Cl2NO4/c1-22(2,21(27)28)25-20(26)17-10-8-13-5-3-4-6-16(13)19(17)29-12-14-7-9-15(23)11-18(14)24/h3-11H,12H2,1-2H3,(H,25,26)(H,27,28). The van der Waals surface area contributed by atoms with Crippen LogP contribution in [-0.4, -0.2) is 22.5 Å². The summed E-state index contributed by atoms with van der Waals surface area (Å²) in [5.41, 5.74) is -0.483. The number of amides is 1. The summed E-state index contributed by atoms with van der Waals surface area (Å²) in [5, 5.41) is 14.4. The number of hydrogen-bond acceptors (Lipinski definition) is 3. The van der Waals surface area contributed by atoms with E-state index in [0.29, 0.717) is 21.4 Å². The normalized spacial score (nSPS) is 11.3. The minimum absolute atomic E-state index is 0.118. The molecular formula is C22H19Cl2NO4. The van der Waals surface area contributed by atoms with E-state index in [2.05, 4.69) is 5.32 Å². The molecule has 150 valence electrons. The molecule has 5 nitrogen and oxygen atoms in total. The second-order valence-corrected chi connectivity index (χ2v) is 7.92. The van der Waals surface area contributed by atoms with Crippen molar-refractivity contribution >= 4 is 45.9 Å². The van der Waals surface area contributed by atoms with Gasteiger partial charge in [0, 0.05) is 21.0 Å². The van der Waals surface area contributed by atoms with Crippen LogP contribution in [0.4, 0.5) is 0 Å². The van der Waals surface area contributed by atoms with Crippen molar-refractivity contribution in [2.75, 3.05) is 0 Å². The molecule has 0 radical (unpaired) electrons. The number of carboxylic acids is 1. The molecule has 0 heterocycles. The van der Waals surface area contributed by atoms with Crippen LogP contribution in [0.1, 0.15) is 29.8 Å². The van der Waals surface area contributed by atoms with Gasteiger partial charge < -0.3 is 15.2 Å². The van der Waals surface area contributed by atoms with Gasteiger partial charge in [-0.05, 0) is 37.4 Å². The van der Waals surface area contributed by atoms with Gasteiger partial charge in [-0.2, -0.15) is 0 Å². The molecule has 0 spiro atoms. The van der Waals surface area contributed by atoms with Crippen LogP contribution in [0.2, 0.25) is 10.0 Å². The van der Waals surface area contributed by atoms with Crippen molar-refractivity contribution in [1.29, 1.82) is 0 Å². The van der Waals surface area contributed by atoms with Crippen molar-refractivity contribution in [1.82, 2.24) is 5.32 Å². The first-order valence-electron chi connectivity index (χ1n) is 8.83. The van der Waals surface area contributed by atoms with Crippen molar-refractivity contribution in [3.63, 3.8) is 0 Å². The summed E-state index contributed by atoms with van der Waals surface area (Å²) in [6.45, 7) is 2.96. The van der Waals surface area contributed by atoms with Gasteiger partial charge in [0.15, 0.2) is 0 Å². The molecule has 3 aromatic rings. The third-order valence-corrected chi connectivity index (χ3v) is 5.06. The van der Waals surface area contributed by atoms with Crippen LogP contribution < -0.4 is 10.1 Å². The van der Waals surface area contributed by atoms with Gasteiger partial charge in [0.2, 0.25) is 0 Å². The lowest BCUT2D eigenvalue weighted by Gasteiger charge is -2.22. The van der Waals surface area contributed by atoms with Crippen molar-refractivity contribution in [2.24, 2.45) is 0 Å². The molecule has 7 heteroatoms. The highest BCUT2D eigenvalue weighted by Crippen LogP contribution is 2.32. The maximum atomic E-state index is 12.9. The first-order chi connectivity index (χ1) is 13.7. The van der Waals surface area contributed by atoms with Gasteiger partial charge >= 0.3 is 5.97 Å². The fourth-order valence-electron chi connectivity index (χ4n) is 2.77. The van der Waals surface area contributed by atoms with Gasteiger partial charge in [-0.3, -0.25) is 4.79 Å². The Morgan fingerprint density at radius 2 is 1.79 bits per heavy atom. The molecule has 3 rings (SSSR count). The van der Waals surface area contributed by atoms with Crippen LogP contribution in [0, 0.1) is 0 Å². The average molecular weight is 432 g/mol. The molecular weight excluding hydrogens is 413 g/mol. The van der Waals surface area contributed by atoms with E-state index in [1.807, 2.05) is 24.3 Å². The molecule has 0 aliphatic rings. The second kappa shape index (κ2) is 8.31. The van der Waals surface area contributed by atoms with Gasteiger partial charge in [-0.25, -0.2) is 4.79 Å². The van der Waals surface area contributed by atoms with E-state index in [-0.39, 0.29) is 12.2 Å². The summed E-state index contributed by atoms with van der Waals surface area (Å²) in [4.78, 5) is 24.2. The van der Waals surface area contributed by atoms with E-state index in [0.717, 1.165) is 10.8 Å². The molecule has 2 N–H and O–H groups in total. The first-order valence-corrected chi connectivity index (χ1v) is 9.59. The molecule has 0 bridgehead atoms. The molecule has 0 saturated carbocycles. The maximum absolute atomic E-state index is 12.9. The average Bonchev–Trinajstić information content (AvgIpc) is 2.66. The number of aliphatic carboxylic acids is 1. The second-order valence-electron chi connectivity index (χ2n) is 7.07. The number of carbonyl (C=O) groups is 2. The van der Waals surface area contributed by atoms with Crippen LogP contribution in [0.25, 0.3) is 10.8 Å². The van der Waals surface area contributed by atoms with E-state index in [1.165, 1.54) is 13.8 Å². The Balaban J connectivity index is 2.00. The Hall–Kier alpha value is -2.76. The number of ether oxygens (including phenoxy) is 1. The Morgan fingerprint density at radius 3 is 2.48 bits per heavy atom.